The minimum Gasteiger partial charge on any atom is -0.406 e. The number of sulfone groups is 1. The molecule has 1 rings (SSSR count). The third kappa shape index (κ3) is 6.90. The van der Waals surface area contributed by atoms with Crippen molar-refractivity contribution < 1.29 is 26.3 Å². The van der Waals surface area contributed by atoms with E-state index < -0.39 is 22.2 Å². The molecule has 1 aromatic carbocycles. The molecule has 0 aliphatic rings. The molecule has 0 aromatic heterocycles. The van der Waals surface area contributed by atoms with Crippen LogP contribution < -0.4 is 10.1 Å². The molecule has 1 N–H and O–H groups in total. The molecular weight excluding hydrogens is 283 g/mol. The van der Waals surface area contributed by atoms with Crippen molar-refractivity contribution in [2.45, 2.75) is 19.3 Å². The molecule has 0 saturated carbocycles. The highest BCUT2D eigenvalue weighted by atomic mass is 32.2. The van der Waals surface area contributed by atoms with Crippen LogP contribution in [0, 0.1) is 0 Å². The van der Waals surface area contributed by atoms with E-state index in [0.717, 1.165) is 12.3 Å². The van der Waals surface area contributed by atoms with Gasteiger partial charge < -0.3 is 10.1 Å². The van der Waals surface area contributed by atoms with Crippen molar-refractivity contribution in [1.29, 1.82) is 0 Å². The summed E-state index contributed by atoms with van der Waals surface area (Å²) in [6, 6.07) is 4.82. The van der Waals surface area contributed by atoms with Gasteiger partial charge in [0.1, 0.15) is 15.6 Å². The number of nitrogens with one attached hydrogen (secondary N) is 1. The normalized spacial score (nSPS) is 13.9. The lowest BCUT2D eigenvalue weighted by Crippen LogP contribution is -2.25. The summed E-state index contributed by atoms with van der Waals surface area (Å²) in [7, 11) is -3.16. The van der Waals surface area contributed by atoms with Crippen molar-refractivity contribution in [2.75, 3.05) is 17.3 Å². The van der Waals surface area contributed by atoms with Crippen LogP contribution in [0.1, 0.15) is 6.92 Å². The second-order valence-electron chi connectivity index (χ2n) is 4.21. The van der Waals surface area contributed by atoms with Crippen molar-refractivity contribution in [3.05, 3.63) is 24.3 Å². The first-order valence-electron chi connectivity index (χ1n) is 5.35. The highest BCUT2D eigenvalue weighted by Crippen LogP contribution is 2.25. The lowest BCUT2D eigenvalue weighted by Gasteiger charge is -2.15. The van der Waals surface area contributed by atoms with E-state index in [1.165, 1.54) is 18.2 Å². The van der Waals surface area contributed by atoms with E-state index in [0.29, 0.717) is 5.69 Å². The number of benzene rings is 1. The number of alkyl halides is 3. The van der Waals surface area contributed by atoms with Crippen LogP contribution in [0.5, 0.6) is 5.75 Å². The molecule has 0 fully saturated rings. The van der Waals surface area contributed by atoms with Crippen LogP contribution in [0.25, 0.3) is 0 Å². The largest absolute Gasteiger partial charge is 0.573 e. The number of ether oxygens (including phenoxy) is 1. The van der Waals surface area contributed by atoms with Gasteiger partial charge in [0, 0.05) is 24.1 Å². The molecule has 1 unspecified atom stereocenters. The molecule has 0 radical (unpaired) electrons. The molecule has 4 nitrogen and oxygen atoms in total. The van der Waals surface area contributed by atoms with Gasteiger partial charge in [0.2, 0.25) is 0 Å². The minimum absolute atomic E-state index is 0.114. The first kappa shape index (κ1) is 15.6. The summed E-state index contributed by atoms with van der Waals surface area (Å²) < 4.78 is 62.0. The molecule has 0 amide bonds. The predicted molar refractivity (Wildman–Crippen MR) is 65.9 cm³/mol. The SMILES string of the molecule is CC(CS(C)(=O)=O)Nc1cccc(OC(F)(F)F)c1. The van der Waals surface area contributed by atoms with E-state index in [2.05, 4.69) is 10.1 Å². The average Bonchev–Trinajstić information content (AvgIpc) is 2.11. The monoisotopic (exact) mass is 297 g/mol. The zero-order chi connectivity index (χ0) is 14.7. The summed E-state index contributed by atoms with van der Waals surface area (Å²) in [4.78, 5) is 0. The van der Waals surface area contributed by atoms with E-state index in [-0.39, 0.29) is 11.5 Å². The quantitative estimate of drug-likeness (QED) is 0.907. The van der Waals surface area contributed by atoms with Crippen molar-refractivity contribution in [2.24, 2.45) is 0 Å². The van der Waals surface area contributed by atoms with Crippen molar-refractivity contribution in [3.63, 3.8) is 0 Å². The van der Waals surface area contributed by atoms with Crippen LogP contribution in [0.2, 0.25) is 0 Å². The first-order chi connectivity index (χ1) is 8.55. The molecular formula is C11H14F3NO3S. The maximum absolute atomic E-state index is 12.0. The Morgan fingerprint density at radius 2 is 2.00 bits per heavy atom. The molecule has 0 saturated heterocycles. The Hall–Kier alpha value is -1.44. The van der Waals surface area contributed by atoms with Gasteiger partial charge in [-0.1, -0.05) is 6.07 Å². The molecule has 1 atom stereocenters. The summed E-state index contributed by atoms with van der Waals surface area (Å²) >= 11 is 0. The van der Waals surface area contributed by atoms with Gasteiger partial charge in [-0.3, -0.25) is 0 Å². The van der Waals surface area contributed by atoms with Crippen LogP contribution in [-0.4, -0.2) is 32.8 Å². The average molecular weight is 297 g/mol. The fraction of sp³-hybridized carbons (Fsp3) is 0.455. The third-order valence-electron chi connectivity index (χ3n) is 2.03. The van der Waals surface area contributed by atoms with Crippen LogP contribution >= 0.6 is 0 Å². The number of halogens is 3. The summed E-state index contributed by atoms with van der Waals surface area (Å²) in [5, 5.41) is 2.80. The smallest absolute Gasteiger partial charge is 0.406 e. The van der Waals surface area contributed by atoms with Crippen LogP contribution in [-0.2, 0) is 9.84 Å². The van der Waals surface area contributed by atoms with Crippen molar-refractivity contribution >= 4 is 15.5 Å². The highest BCUT2D eigenvalue weighted by Gasteiger charge is 2.31. The predicted octanol–water partition coefficient (Wildman–Crippen LogP) is 2.43. The van der Waals surface area contributed by atoms with Gasteiger partial charge in [0.05, 0.1) is 5.75 Å². The Bertz CT molecular complexity index is 528. The van der Waals surface area contributed by atoms with Gasteiger partial charge in [-0.05, 0) is 19.1 Å². The van der Waals surface area contributed by atoms with Gasteiger partial charge in [-0.25, -0.2) is 8.42 Å². The Labute approximate surface area is 109 Å². The number of hydrogen-bond donors (Lipinski definition) is 1. The Morgan fingerprint density at radius 3 is 2.53 bits per heavy atom. The molecule has 19 heavy (non-hydrogen) atoms. The van der Waals surface area contributed by atoms with E-state index in [9.17, 15) is 21.6 Å². The zero-order valence-corrected chi connectivity index (χ0v) is 11.2. The highest BCUT2D eigenvalue weighted by molar-refractivity contribution is 7.90. The maximum atomic E-state index is 12.0. The third-order valence-corrected chi connectivity index (χ3v) is 3.14. The van der Waals surface area contributed by atoms with Crippen LogP contribution in [0.3, 0.4) is 0 Å². The molecule has 0 aliphatic carbocycles. The molecule has 0 bridgehead atoms. The molecule has 0 aliphatic heterocycles. The molecule has 0 heterocycles. The number of rotatable bonds is 5. The lowest BCUT2D eigenvalue weighted by molar-refractivity contribution is -0.274. The van der Waals surface area contributed by atoms with Gasteiger partial charge in [0.25, 0.3) is 0 Å². The van der Waals surface area contributed by atoms with E-state index in [1.807, 2.05) is 0 Å². The van der Waals surface area contributed by atoms with Gasteiger partial charge in [-0.2, -0.15) is 0 Å². The maximum Gasteiger partial charge on any atom is 0.573 e. The van der Waals surface area contributed by atoms with Crippen LogP contribution in [0.4, 0.5) is 18.9 Å². The van der Waals surface area contributed by atoms with Gasteiger partial charge in [-0.15, -0.1) is 13.2 Å². The molecule has 108 valence electrons. The van der Waals surface area contributed by atoms with Crippen LogP contribution in [0.15, 0.2) is 24.3 Å². The molecule has 1 aromatic rings. The Kier molecular flexibility index (Phi) is 4.67. The van der Waals surface area contributed by atoms with Crippen molar-refractivity contribution in [1.82, 2.24) is 0 Å². The summed E-state index contributed by atoms with van der Waals surface area (Å²) in [6.45, 7) is 1.62. The van der Waals surface area contributed by atoms with E-state index >= 15 is 0 Å². The van der Waals surface area contributed by atoms with Gasteiger partial charge >= 0.3 is 6.36 Å². The Morgan fingerprint density at radius 1 is 1.37 bits per heavy atom. The summed E-state index contributed by atoms with van der Waals surface area (Å²) in [5.74, 6) is -0.471. The fourth-order valence-corrected chi connectivity index (χ4v) is 2.55. The van der Waals surface area contributed by atoms with E-state index in [4.69, 9.17) is 0 Å². The number of hydrogen-bond acceptors (Lipinski definition) is 4. The second kappa shape index (κ2) is 5.68. The first-order valence-corrected chi connectivity index (χ1v) is 7.41. The lowest BCUT2D eigenvalue weighted by atomic mass is 10.2. The zero-order valence-electron chi connectivity index (χ0n) is 10.4. The molecule has 0 spiro atoms. The topological polar surface area (TPSA) is 55.4 Å². The van der Waals surface area contributed by atoms with Crippen molar-refractivity contribution in [3.8, 4) is 5.75 Å². The number of anilines is 1. The molecule has 8 heteroatoms. The summed E-state index contributed by atoms with van der Waals surface area (Å²) in [6.07, 6.45) is -3.66. The Balaban J connectivity index is 2.72. The van der Waals surface area contributed by atoms with E-state index in [1.54, 1.807) is 6.92 Å². The minimum atomic E-state index is -4.75. The second-order valence-corrected chi connectivity index (χ2v) is 6.40. The summed E-state index contributed by atoms with van der Waals surface area (Å²) in [5.41, 5.74) is 0.359. The van der Waals surface area contributed by atoms with Gasteiger partial charge in [0.15, 0.2) is 0 Å². The standard InChI is InChI=1S/C11H14F3NO3S/c1-8(7-19(2,16)17)15-9-4-3-5-10(6-9)18-11(12,13)14/h3-6,8,15H,7H2,1-2H3. The fourth-order valence-electron chi connectivity index (χ4n) is 1.56.